The average Bonchev–Trinajstić information content (AvgIpc) is 3.62. The lowest BCUT2D eigenvalue weighted by Gasteiger charge is -2.37. The molecule has 0 saturated carbocycles. The van der Waals surface area contributed by atoms with Gasteiger partial charge in [-0.1, -0.05) is 29.9 Å². The van der Waals surface area contributed by atoms with Crippen molar-refractivity contribution in [2.45, 2.75) is 26.4 Å². The van der Waals surface area contributed by atoms with Gasteiger partial charge in [0.2, 0.25) is 0 Å². The molecule has 2 aromatic carbocycles. The fourth-order valence-corrected chi connectivity index (χ4v) is 5.46. The summed E-state index contributed by atoms with van der Waals surface area (Å²) in [5, 5.41) is 3.15. The summed E-state index contributed by atoms with van der Waals surface area (Å²) in [7, 11) is 0. The van der Waals surface area contributed by atoms with E-state index in [2.05, 4.69) is 20.3 Å². The standard InChI is InChI=1S/C32H29F5N6O/c1-3-5-20-14-27(38-18-20)39-28-17-29(43-10-8-42(9-11-43)22-7-4-6-21(15-22)32(35,36)37)41-31(40-28)44-26-16-25(33)23-12-19(2)13-24(23)30(26)34/h3-7,13-17H,8-12,18H2,1-2H3,(H,38,39,40,41)/b5-3+. The Hall–Kier alpha value is -4.74. The number of ether oxygens (including phenoxy) is 1. The van der Waals surface area contributed by atoms with Crippen LogP contribution in [0.15, 0.2) is 70.8 Å². The van der Waals surface area contributed by atoms with Gasteiger partial charge in [0.15, 0.2) is 11.6 Å². The lowest BCUT2D eigenvalue weighted by atomic mass is 10.1. The van der Waals surface area contributed by atoms with Crippen molar-refractivity contribution in [2.75, 3.05) is 47.8 Å². The van der Waals surface area contributed by atoms with Crippen LogP contribution in [0, 0.1) is 11.6 Å². The number of fused-ring (bicyclic) bond motifs is 1. The van der Waals surface area contributed by atoms with Crippen LogP contribution in [0.4, 0.5) is 39.3 Å². The summed E-state index contributed by atoms with van der Waals surface area (Å²) in [5.41, 5.74) is 2.06. The predicted octanol–water partition coefficient (Wildman–Crippen LogP) is 7.18. The number of benzene rings is 2. The Kier molecular flexibility index (Phi) is 7.83. The molecule has 6 rings (SSSR count). The zero-order valence-corrected chi connectivity index (χ0v) is 24.1. The first-order chi connectivity index (χ1) is 21.1. The number of nitrogens with one attached hydrogen (secondary N) is 1. The molecule has 1 aliphatic carbocycles. The third-order valence-corrected chi connectivity index (χ3v) is 7.60. The second-order valence-electron chi connectivity index (χ2n) is 10.8. The van der Waals surface area contributed by atoms with Gasteiger partial charge < -0.3 is 19.9 Å². The molecule has 0 unspecified atom stereocenters. The molecule has 0 atom stereocenters. The van der Waals surface area contributed by atoms with Gasteiger partial charge in [-0.15, -0.1) is 0 Å². The van der Waals surface area contributed by atoms with Crippen LogP contribution in [0.3, 0.4) is 0 Å². The van der Waals surface area contributed by atoms with Gasteiger partial charge in [0.25, 0.3) is 0 Å². The molecule has 1 N–H and O–H groups in total. The van der Waals surface area contributed by atoms with Gasteiger partial charge in [-0.25, -0.2) is 8.78 Å². The van der Waals surface area contributed by atoms with E-state index in [1.165, 1.54) is 6.07 Å². The molecule has 0 spiro atoms. The van der Waals surface area contributed by atoms with Crippen molar-refractivity contribution >= 4 is 29.2 Å². The predicted molar refractivity (Wildman–Crippen MR) is 161 cm³/mol. The Bertz CT molecular complexity index is 1720. The highest BCUT2D eigenvalue weighted by Gasteiger charge is 2.31. The van der Waals surface area contributed by atoms with Crippen LogP contribution in [0.5, 0.6) is 11.8 Å². The highest BCUT2D eigenvalue weighted by atomic mass is 19.4. The van der Waals surface area contributed by atoms with E-state index in [0.29, 0.717) is 62.3 Å². The smallest absolute Gasteiger partial charge is 0.416 e. The first-order valence-electron chi connectivity index (χ1n) is 14.1. The number of piperazine rings is 1. The number of alkyl halides is 3. The van der Waals surface area contributed by atoms with E-state index in [4.69, 9.17) is 4.74 Å². The van der Waals surface area contributed by atoms with E-state index in [1.54, 1.807) is 25.1 Å². The SMILES string of the molecule is C/C=C/C1=CC(Nc2cc(N3CCN(c4cccc(C(F)(F)F)c4)CC3)nc(Oc3cc(F)c4c(c3F)C=C(C)C4)n2)=NC1. The van der Waals surface area contributed by atoms with Crippen LogP contribution >= 0.6 is 0 Å². The first kappa shape index (κ1) is 29.3. The van der Waals surface area contributed by atoms with E-state index < -0.39 is 23.4 Å². The lowest BCUT2D eigenvalue weighted by Crippen LogP contribution is -2.47. The van der Waals surface area contributed by atoms with Crippen LogP contribution in [-0.2, 0) is 12.6 Å². The average molecular weight is 609 g/mol. The van der Waals surface area contributed by atoms with Crippen LogP contribution in [0.2, 0.25) is 0 Å². The lowest BCUT2D eigenvalue weighted by molar-refractivity contribution is -0.137. The van der Waals surface area contributed by atoms with Gasteiger partial charge in [-0.05, 0) is 50.1 Å². The highest BCUT2D eigenvalue weighted by Crippen LogP contribution is 2.37. The number of amidine groups is 1. The van der Waals surface area contributed by atoms with Crippen molar-refractivity contribution in [1.29, 1.82) is 0 Å². The Morgan fingerprint density at radius 3 is 2.50 bits per heavy atom. The Morgan fingerprint density at radius 2 is 1.75 bits per heavy atom. The fraction of sp³-hybridized carbons (Fsp3) is 0.281. The maximum absolute atomic E-state index is 15.4. The van der Waals surface area contributed by atoms with Gasteiger partial charge in [-0.3, -0.25) is 4.99 Å². The van der Waals surface area contributed by atoms with Crippen molar-refractivity contribution in [1.82, 2.24) is 9.97 Å². The Balaban J connectivity index is 1.27. The highest BCUT2D eigenvalue weighted by molar-refractivity contribution is 6.05. The Morgan fingerprint density at radius 1 is 0.977 bits per heavy atom. The molecule has 3 aromatic rings. The minimum atomic E-state index is -4.43. The van der Waals surface area contributed by atoms with Crippen molar-refractivity contribution in [3.8, 4) is 11.8 Å². The zero-order chi connectivity index (χ0) is 31.0. The molecule has 3 aliphatic rings. The number of rotatable bonds is 6. The minimum Gasteiger partial charge on any atom is -0.421 e. The quantitative estimate of drug-likeness (QED) is 0.299. The van der Waals surface area contributed by atoms with Crippen molar-refractivity contribution in [3.63, 3.8) is 0 Å². The number of anilines is 3. The summed E-state index contributed by atoms with van der Waals surface area (Å²) >= 11 is 0. The molecular weight excluding hydrogens is 579 g/mol. The maximum atomic E-state index is 15.4. The normalized spacial score (nSPS) is 16.7. The molecular formula is C32H29F5N6O. The number of aromatic nitrogens is 2. The summed E-state index contributed by atoms with van der Waals surface area (Å²) in [6.45, 7) is 5.95. The van der Waals surface area contributed by atoms with E-state index in [9.17, 15) is 17.6 Å². The molecule has 228 valence electrons. The fourth-order valence-electron chi connectivity index (χ4n) is 5.46. The second-order valence-corrected chi connectivity index (χ2v) is 10.8. The van der Waals surface area contributed by atoms with Crippen LogP contribution < -0.4 is 19.9 Å². The number of aliphatic imine (C=N–C) groups is 1. The van der Waals surface area contributed by atoms with Crippen molar-refractivity contribution in [3.05, 3.63) is 94.1 Å². The summed E-state index contributed by atoms with van der Waals surface area (Å²) in [6, 6.07) is 7.76. The summed E-state index contributed by atoms with van der Waals surface area (Å²) in [4.78, 5) is 17.2. The van der Waals surface area contributed by atoms with Crippen molar-refractivity contribution < 1.29 is 26.7 Å². The molecule has 44 heavy (non-hydrogen) atoms. The van der Waals surface area contributed by atoms with Gasteiger partial charge >= 0.3 is 12.2 Å². The van der Waals surface area contributed by atoms with Gasteiger partial charge in [0.05, 0.1) is 12.1 Å². The minimum absolute atomic E-state index is 0.152. The second kappa shape index (κ2) is 11.7. The van der Waals surface area contributed by atoms with Crippen molar-refractivity contribution in [2.24, 2.45) is 4.99 Å². The largest absolute Gasteiger partial charge is 0.421 e. The molecule has 7 nitrogen and oxygen atoms in total. The number of nitrogens with zero attached hydrogens (tertiary/aromatic N) is 5. The molecule has 0 bridgehead atoms. The molecule has 12 heteroatoms. The molecule has 3 heterocycles. The summed E-state index contributed by atoms with van der Waals surface area (Å²) < 4.78 is 75.8. The maximum Gasteiger partial charge on any atom is 0.416 e. The first-order valence-corrected chi connectivity index (χ1v) is 14.1. The van der Waals surface area contributed by atoms with Gasteiger partial charge in [0.1, 0.15) is 23.3 Å². The zero-order valence-electron chi connectivity index (χ0n) is 24.1. The topological polar surface area (TPSA) is 65.9 Å². The van der Waals surface area contributed by atoms with E-state index >= 15 is 4.39 Å². The van der Waals surface area contributed by atoms with E-state index in [0.717, 1.165) is 29.3 Å². The number of hydrogen-bond donors (Lipinski definition) is 1. The molecule has 0 amide bonds. The summed E-state index contributed by atoms with van der Waals surface area (Å²) in [5.74, 6) is -0.256. The number of allylic oxidation sites excluding steroid dienone is 2. The van der Waals surface area contributed by atoms with Gasteiger partial charge in [-0.2, -0.15) is 23.1 Å². The van der Waals surface area contributed by atoms with Crippen LogP contribution in [-0.4, -0.2) is 48.5 Å². The molecule has 0 radical (unpaired) electrons. The van der Waals surface area contributed by atoms with Crippen LogP contribution in [0.25, 0.3) is 6.08 Å². The monoisotopic (exact) mass is 608 g/mol. The van der Waals surface area contributed by atoms with E-state index in [-0.39, 0.29) is 22.9 Å². The Labute approximate surface area is 251 Å². The molecule has 1 aromatic heterocycles. The molecule has 1 fully saturated rings. The van der Waals surface area contributed by atoms with Crippen LogP contribution in [0.1, 0.15) is 30.5 Å². The van der Waals surface area contributed by atoms with E-state index in [1.807, 2.05) is 35.0 Å². The third kappa shape index (κ3) is 6.15. The number of halogens is 5. The summed E-state index contributed by atoms with van der Waals surface area (Å²) in [6.07, 6.45) is 3.24. The molecule has 2 aliphatic heterocycles. The third-order valence-electron chi connectivity index (χ3n) is 7.60. The molecule has 1 saturated heterocycles. The van der Waals surface area contributed by atoms with Gasteiger partial charge in [0, 0.05) is 55.1 Å². The number of hydrogen-bond acceptors (Lipinski definition) is 7.